The van der Waals surface area contributed by atoms with Gasteiger partial charge in [-0.3, -0.25) is 13.9 Å². The summed E-state index contributed by atoms with van der Waals surface area (Å²) < 4.78 is 39.6. The van der Waals surface area contributed by atoms with Crippen LogP contribution >= 0.6 is 23.2 Å². The maximum atomic E-state index is 14.0. The van der Waals surface area contributed by atoms with Crippen molar-refractivity contribution in [3.63, 3.8) is 0 Å². The highest BCUT2D eigenvalue weighted by Gasteiger charge is 2.33. The third-order valence-corrected chi connectivity index (χ3v) is 8.98. The topological polar surface area (TPSA) is 105 Å². The standard InChI is InChI=1S/C30H35Cl2N3O6S/c1-20(2)17-33-30(37)21(3)34(18-22-11-13-25(31)26(32)15-22)29(36)19-35(42(38,39)24-9-7-6-8-10-24)23-12-14-27(40-4)28(16-23)41-5/h6-16,20-21H,17-19H2,1-5H3,(H,33,37)/t21-/m1/s1. The summed E-state index contributed by atoms with van der Waals surface area (Å²) in [6, 6.07) is 16.3. The van der Waals surface area contributed by atoms with Crippen molar-refractivity contribution in [2.24, 2.45) is 5.92 Å². The number of carbonyl (C=O) groups excluding carboxylic acids is 2. The zero-order valence-electron chi connectivity index (χ0n) is 24.1. The van der Waals surface area contributed by atoms with E-state index in [-0.39, 0.29) is 39.7 Å². The Balaban J connectivity index is 2.07. The number of hydrogen-bond donors (Lipinski definition) is 1. The van der Waals surface area contributed by atoms with Gasteiger partial charge in [0.25, 0.3) is 10.0 Å². The van der Waals surface area contributed by atoms with E-state index in [4.69, 9.17) is 32.7 Å². The molecule has 1 atom stereocenters. The van der Waals surface area contributed by atoms with Gasteiger partial charge in [-0.1, -0.05) is 61.3 Å². The van der Waals surface area contributed by atoms with Crippen LogP contribution in [0.1, 0.15) is 26.3 Å². The van der Waals surface area contributed by atoms with Crippen LogP contribution in [0, 0.1) is 5.92 Å². The molecule has 3 aromatic rings. The summed E-state index contributed by atoms with van der Waals surface area (Å²) in [4.78, 5) is 28.5. The van der Waals surface area contributed by atoms with Crippen LogP contribution in [0.25, 0.3) is 0 Å². The van der Waals surface area contributed by atoms with E-state index in [2.05, 4.69) is 5.32 Å². The van der Waals surface area contributed by atoms with Gasteiger partial charge in [-0.05, 0) is 54.8 Å². The van der Waals surface area contributed by atoms with Gasteiger partial charge < -0.3 is 19.7 Å². The first-order valence-corrected chi connectivity index (χ1v) is 15.4. The molecule has 0 unspecified atom stereocenters. The van der Waals surface area contributed by atoms with E-state index in [1.165, 1.54) is 43.4 Å². The van der Waals surface area contributed by atoms with E-state index in [0.717, 1.165) is 4.31 Å². The lowest BCUT2D eigenvalue weighted by atomic mass is 10.1. The lowest BCUT2D eigenvalue weighted by Crippen LogP contribution is -2.51. The fraction of sp³-hybridized carbons (Fsp3) is 0.333. The van der Waals surface area contributed by atoms with Crippen molar-refractivity contribution in [3.05, 3.63) is 82.3 Å². The van der Waals surface area contributed by atoms with E-state index in [9.17, 15) is 18.0 Å². The molecule has 0 aromatic heterocycles. The summed E-state index contributed by atoms with van der Waals surface area (Å²) in [5.74, 6) is -0.119. The number of carbonyl (C=O) groups is 2. The minimum Gasteiger partial charge on any atom is -0.493 e. The van der Waals surface area contributed by atoms with Crippen LogP contribution in [0.3, 0.4) is 0 Å². The van der Waals surface area contributed by atoms with E-state index in [1.807, 2.05) is 13.8 Å². The molecule has 0 aliphatic carbocycles. The highest BCUT2D eigenvalue weighted by atomic mass is 35.5. The number of sulfonamides is 1. The molecule has 3 aromatic carbocycles. The summed E-state index contributed by atoms with van der Waals surface area (Å²) in [7, 11) is -1.34. The second-order valence-corrected chi connectivity index (χ2v) is 12.6. The Bertz CT molecular complexity index is 1500. The number of benzene rings is 3. The molecule has 0 fully saturated rings. The molecule has 0 saturated carbocycles. The summed E-state index contributed by atoms with van der Waals surface area (Å²) in [5.41, 5.74) is 0.793. The summed E-state index contributed by atoms with van der Waals surface area (Å²) >= 11 is 12.3. The Morgan fingerprint density at radius 1 is 0.881 bits per heavy atom. The largest absolute Gasteiger partial charge is 0.493 e. The van der Waals surface area contributed by atoms with Crippen molar-refractivity contribution < 1.29 is 27.5 Å². The molecule has 42 heavy (non-hydrogen) atoms. The second-order valence-electron chi connectivity index (χ2n) is 9.95. The normalized spacial score (nSPS) is 12.0. The monoisotopic (exact) mass is 635 g/mol. The van der Waals surface area contributed by atoms with E-state index in [0.29, 0.717) is 22.9 Å². The smallest absolute Gasteiger partial charge is 0.264 e. The quantitative estimate of drug-likeness (QED) is 0.270. The van der Waals surface area contributed by atoms with Crippen LogP contribution in [-0.4, -0.2) is 58.5 Å². The van der Waals surface area contributed by atoms with Crippen molar-refractivity contribution in [1.82, 2.24) is 10.2 Å². The van der Waals surface area contributed by atoms with Crippen molar-refractivity contribution in [1.29, 1.82) is 0 Å². The third kappa shape index (κ3) is 8.08. The molecule has 0 aliphatic heterocycles. The van der Waals surface area contributed by atoms with E-state index >= 15 is 0 Å². The number of methoxy groups -OCH3 is 2. The van der Waals surface area contributed by atoms with Crippen LogP contribution < -0.4 is 19.1 Å². The number of halogens is 2. The van der Waals surface area contributed by atoms with Gasteiger partial charge in [-0.2, -0.15) is 0 Å². The fourth-order valence-corrected chi connectivity index (χ4v) is 5.85. The van der Waals surface area contributed by atoms with Crippen molar-refractivity contribution in [2.45, 2.75) is 38.3 Å². The van der Waals surface area contributed by atoms with E-state index < -0.39 is 28.5 Å². The fourth-order valence-electron chi connectivity index (χ4n) is 4.10. The molecule has 0 saturated heterocycles. The van der Waals surface area contributed by atoms with Gasteiger partial charge in [0, 0.05) is 19.2 Å². The summed E-state index contributed by atoms with van der Waals surface area (Å²) in [6.45, 7) is 5.31. The van der Waals surface area contributed by atoms with Gasteiger partial charge in [-0.15, -0.1) is 0 Å². The molecule has 12 heteroatoms. The van der Waals surface area contributed by atoms with Crippen LogP contribution in [0.4, 0.5) is 5.69 Å². The Hall–Kier alpha value is -3.47. The first kappa shape index (κ1) is 33.0. The minimum absolute atomic E-state index is 0.00802. The zero-order chi connectivity index (χ0) is 31.0. The number of nitrogens with one attached hydrogen (secondary N) is 1. The molecule has 0 bridgehead atoms. The van der Waals surface area contributed by atoms with Gasteiger partial charge in [0.15, 0.2) is 11.5 Å². The molecular weight excluding hydrogens is 601 g/mol. The molecule has 0 heterocycles. The van der Waals surface area contributed by atoms with Crippen LogP contribution in [0.15, 0.2) is 71.6 Å². The predicted octanol–water partition coefficient (Wildman–Crippen LogP) is 5.40. The first-order valence-electron chi connectivity index (χ1n) is 13.2. The number of anilines is 1. The zero-order valence-corrected chi connectivity index (χ0v) is 26.5. The average molecular weight is 637 g/mol. The van der Waals surface area contributed by atoms with Gasteiger partial charge in [-0.25, -0.2) is 8.42 Å². The number of nitrogens with zero attached hydrogens (tertiary/aromatic N) is 2. The lowest BCUT2D eigenvalue weighted by molar-refractivity contribution is -0.139. The molecule has 2 amide bonds. The number of rotatable bonds is 13. The molecular formula is C30H35Cl2N3O6S. The number of hydrogen-bond acceptors (Lipinski definition) is 6. The first-order chi connectivity index (χ1) is 19.9. The third-order valence-electron chi connectivity index (χ3n) is 6.45. The molecule has 3 rings (SSSR count). The van der Waals surface area contributed by atoms with Crippen molar-refractivity contribution in [3.8, 4) is 11.5 Å². The number of amides is 2. The van der Waals surface area contributed by atoms with Crippen molar-refractivity contribution >= 4 is 50.7 Å². The molecule has 0 spiro atoms. The summed E-state index contributed by atoms with van der Waals surface area (Å²) in [6.07, 6.45) is 0. The van der Waals surface area contributed by atoms with Crippen LogP contribution in [0.5, 0.6) is 11.5 Å². The Morgan fingerprint density at radius 2 is 1.55 bits per heavy atom. The molecule has 9 nitrogen and oxygen atoms in total. The lowest BCUT2D eigenvalue weighted by Gasteiger charge is -2.32. The maximum Gasteiger partial charge on any atom is 0.264 e. The summed E-state index contributed by atoms with van der Waals surface area (Å²) in [5, 5.41) is 3.48. The highest BCUT2D eigenvalue weighted by molar-refractivity contribution is 7.92. The highest BCUT2D eigenvalue weighted by Crippen LogP contribution is 2.34. The molecule has 0 radical (unpaired) electrons. The molecule has 1 N–H and O–H groups in total. The molecule has 226 valence electrons. The van der Waals surface area contributed by atoms with E-state index in [1.54, 1.807) is 49.4 Å². The Labute approximate surface area is 257 Å². The Kier molecular flexibility index (Phi) is 11.5. The van der Waals surface area contributed by atoms with Crippen molar-refractivity contribution in [2.75, 3.05) is 31.6 Å². The van der Waals surface area contributed by atoms with Gasteiger partial charge in [0.2, 0.25) is 11.8 Å². The predicted molar refractivity (Wildman–Crippen MR) is 165 cm³/mol. The maximum absolute atomic E-state index is 14.0. The second kappa shape index (κ2) is 14.6. The SMILES string of the molecule is COc1ccc(N(CC(=O)N(Cc2ccc(Cl)c(Cl)c2)[C@H](C)C(=O)NCC(C)C)S(=O)(=O)c2ccccc2)cc1OC. The van der Waals surface area contributed by atoms with Crippen LogP contribution in [0.2, 0.25) is 10.0 Å². The van der Waals surface area contributed by atoms with Crippen LogP contribution in [-0.2, 0) is 26.2 Å². The van der Waals surface area contributed by atoms with Gasteiger partial charge >= 0.3 is 0 Å². The van der Waals surface area contributed by atoms with Gasteiger partial charge in [0.05, 0.1) is 34.8 Å². The van der Waals surface area contributed by atoms with Gasteiger partial charge in [0.1, 0.15) is 12.6 Å². The minimum atomic E-state index is -4.23. The number of ether oxygens (including phenoxy) is 2. The average Bonchev–Trinajstić information content (AvgIpc) is 2.98. The molecule has 0 aliphatic rings. The Morgan fingerprint density at radius 3 is 2.14 bits per heavy atom.